The van der Waals surface area contributed by atoms with Crippen LogP contribution in [0.25, 0.3) is 0 Å². The van der Waals surface area contributed by atoms with Gasteiger partial charge < -0.3 is 9.47 Å². The third-order valence-corrected chi connectivity index (χ3v) is 6.74. The highest BCUT2D eigenvalue weighted by atomic mass is 79.9. The molecule has 0 aromatic heterocycles. The predicted octanol–water partition coefficient (Wildman–Crippen LogP) is 4.19. The maximum absolute atomic E-state index is 12.8. The summed E-state index contributed by atoms with van der Waals surface area (Å²) in [5.41, 5.74) is 2.22. The van der Waals surface area contributed by atoms with Crippen molar-refractivity contribution in [2.24, 2.45) is 0 Å². The minimum atomic E-state index is -0.199. The van der Waals surface area contributed by atoms with Crippen molar-refractivity contribution < 1.29 is 14.3 Å². The van der Waals surface area contributed by atoms with Crippen LogP contribution in [0.4, 0.5) is 0 Å². The molecule has 2 heterocycles. The number of rotatable bonds is 5. The largest absolute Gasteiger partial charge is 0.454 e. The first-order valence-electron chi connectivity index (χ1n) is 8.26. The van der Waals surface area contributed by atoms with Crippen LogP contribution in [0.2, 0.25) is 0 Å². The number of carbonyl (C=O) groups excluding carboxylic acids is 1. The average molecular weight is 450 g/mol. The molecule has 0 spiro atoms. The van der Waals surface area contributed by atoms with Gasteiger partial charge in [0.1, 0.15) is 4.32 Å². The monoisotopic (exact) mass is 449 g/mol. The molecule has 2 aliphatic rings. The lowest BCUT2D eigenvalue weighted by Crippen LogP contribution is -2.33. The molecule has 1 fully saturated rings. The van der Waals surface area contributed by atoms with Gasteiger partial charge in [0.15, 0.2) is 11.5 Å². The molecular weight excluding hydrogens is 434 g/mol. The van der Waals surface area contributed by atoms with Gasteiger partial charge in [0.25, 0.3) is 0 Å². The fourth-order valence-corrected chi connectivity index (χ4v) is 5.09. The van der Waals surface area contributed by atoms with Gasteiger partial charge in [-0.3, -0.25) is 9.69 Å². The zero-order chi connectivity index (χ0) is 18.1. The molecule has 2 aromatic rings. The number of benzene rings is 2. The third-order valence-electron chi connectivity index (χ3n) is 4.42. The van der Waals surface area contributed by atoms with Crippen molar-refractivity contribution in [3.63, 3.8) is 0 Å². The van der Waals surface area contributed by atoms with Crippen LogP contribution in [0.1, 0.15) is 11.1 Å². The zero-order valence-corrected chi connectivity index (χ0v) is 17.0. The number of nitrogens with zero attached hydrogens (tertiary/aromatic N) is 1. The highest BCUT2D eigenvalue weighted by molar-refractivity contribution is 9.10. The Morgan fingerprint density at radius 2 is 1.92 bits per heavy atom. The Morgan fingerprint density at radius 1 is 1.19 bits per heavy atom. The minimum Gasteiger partial charge on any atom is -0.454 e. The predicted molar refractivity (Wildman–Crippen MR) is 110 cm³/mol. The van der Waals surface area contributed by atoms with Crippen molar-refractivity contribution in [3.8, 4) is 11.5 Å². The zero-order valence-electron chi connectivity index (χ0n) is 13.8. The summed E-state index contributed by atoms with van der Waals surface area (Å²) in [5, 5.41) is -0.199. The second-order valence-corrected chi connectivity index (χ2v) is 8.79. The van der Waals surface area contributed by atoms with Crippen LogP contribution in [0.15, 0.2) is 46.9 Å². The molecule has 0 radical (unpaired) electrons. The van der Waals surface area contributed by atoms with Gasteiger partial charge in [0.2, 0.25) is 12.7 Å². The number of fused-ring (bicyclic) bond motifs is 1. The van der Waals surface area contributed by atoms with Gasteiger partial charge in [-0.2, -0.15) is 0 Å². The van der Waals surface area contributed by atoms with E-state index in [-0.39, 0.29) is 18.0 Å². The number of halogens is 1. The Balaban J connectivity index is 1.44. The van der Waals surface area contributed by atoms with Gasteiger partial charge in [-0.1, -0.05) is 70.2 Å². The molecule has 0 aliphatic carbocycles. The first-order chi connectivity index (χ1) is 12.6. The molecule has 0 unspecified atom stereocenters. The van der Waals surface area contributed by atoms with Gasteiger partial charge in [0.05, 0.1) is 5.25 Å². The molecule has 26 heavy (non-hydrogen) atoms. The van der Waals surface area contributed by atoms with E-state index < -0.39 is 0 Å². The summed E-state index contributed by atoms with van der Waals surface area (Å²) in [6.45, 7) is 0.854. The van der Waals surface area contributed by atoms with E-state index in [0.717, 1.165) is 28.0 Å². The van der Waals surface area contributed by atoms with Gasteiger partial charge >= 0.3 is 0 Å². The van der Waals surface area contributed by atoms with Crippen LogP contribution in [-0.4, -0.2) is 33.7 Å². The van der Waals surface area contributed by atoms with Gasteiger partial charge in [0, 0.05) is 11.0 Å². The molecule has 1 atom stereocenters. The smallest absolute Gasteiger partial charge is 0.241 e. The topological polar surface area (TPSA) is 38.8 Å². The van der Waals surface area contributed by atoms with Crippen molar-refractivity contribution in [3.05, 3.63) is 58.1 Å². The Labute approximate surface area is 170 Å². The molecule has 1 saturated heterocycles. The standard InChI is InChI=1S/C19H16BrNO3S2/c20-14-10-16-15(23-11-24-16)8-13(14)9-17-18(22)21(19(25)26-17)7-6-12-4-2-1-3-5-12/h1-5,8,10,17H,6-7,9,11H2/t17-/m1/s1. The fraction of sp³-hybridized carbons (Fsp3) is 0.263. The van der Waals surface area contributed by atoms with Crippen LogP contribution < -0.4 is 9.47 Å². The maximum atomic E-state index is 12.8. The lowest BCUT2D eigenvalue weighted by molar-refractivity contribution is -0.126. The second kappa shape index (κ2) is 7.58. The molecule has 134 valence electrons. The van der Waals surface area contributed by atoms with E-state index in [1.54, 1.807) is 4.90 Å². The summed E-state index contributed by atoms with van der Waals surface area (Å²) in [5.74, 6) is 1.54. The Hall–Kier alpha value is -1.57. The molecule has 2 aromatic carbocycles. The lowest BCUT2D eigenvalue weighted by Gasteiger charge is -2.16. The van der Waals surface area contributed by atoms with Crippen molar-refractivity contribution in [1.82, 2.24) is 4.90 Å². The van der Waals surface area contributed by atoms with E-state index in [1.165, 1.54) is 17.3 Å². The van der Waals surface area contributed by atoms with E-state index in [9.17, 15) is 4.79 Å². The number of hydrogen-bond acceptors (Lipinski definition) is 5. The molecule has 4 rings (SSSR count). The molecule has 0 bridgehead atoms. The van der Waals surface area contributed by atoms with Crippen LogP contribution >= 0.6 is 39.9 Å². The molecule has 0 N–H and O–H groups in total. The Bertz CT molecular complexity index is 859. The fourth-order valence-electron chi connectivity index (χ4n) is 3.03. The van der Waals surface area contributed by atoms with Crippen LogP contribution in [0, 0.1) is 0 Å². The summed E-state index contributed by atoms with van der Waals surface area (Å²) in [7, 11) is 0. The molecular formula is C19H16BrNO3S2. The number of thiocarbonyl (C=S) groups is 1. The first-order valence-corrected chi connectivity index (χ1v) is 10.3. The molecule has 1 amide bonds. The molecule has 2 aliphatic heterocycles. The van der Waals surface area contributed by atoms with Gasteiger partial charge in [-0.25, -0.2) is 0 Å². The van der Waals surface area contributed by atoms with Crippen LogP contribution in [0.3, 0.4) is 0 Å². The Morgan fingerprint density at radius 3 is 2.69 bits per heavy atom. The van der Waals surface area contributed by atoms with Crippen LogP contribution in [0.5, 0.6) is 11.5 Å². The van der Waals surface area contributed by atoms with Crippen molar-refractivity contribution >= 4 is 50.1 Å². The highest BCUT2D eigenvalue weighted by Gasteiger charge is 2.37. The first kappa shape index (κ1) is 17.8. The van der Waals surface area contributed by atoms with E-state index in [2.05, 4.69) is 28.1 Å². The minimum absolute atomic E-state index is 0.0838. The normalized spacial score (nSPS) is 18.7. The van der Waals surface area contributed by atoms with E-state index in [4.69, 9.17) is 21.7 Å². The highest BCUT2D eigenvalue weighted by Crippen LogP contribution is 2.39. The second-order valence-electron chi connectivity index (χ2n) is 6.10. The lowest BCUT2D eigenvalue weighted by atomic mass is 10.1. The summed E-state index contributed by atoms with van der Waals surface area (Å²) < 4.78 is 12.4. The number of amides is 1. The Kier molecular flexibility index (Phi) is 5.20. The number of thioether (sulfide) groups is 1. The summed E-state index contributed by atoms with van der Waals surface area (Å²) in [6.07, 6.45) is 1.40. The molecule has 4 nitrogen and oxygen atoms in total. The third kappa shape index (κ3) is 3.61. The molecule has 0 saturated carbocycles. The quantitative estimate of drug-likeness (QED) is 0.639. The molecule has 7 heteroatoms. The van der Waals surface area contributed by atoms with E-state index in [0.29, 0.717) is 17.3 Å². The van der Waals surface area contributed by atoms with Gasteiger partial charge in [-0.05, 0) is 36.1 Å². The maximum Gasteiger partial charge on any atom is 0.241 e. The number of ether oxygens (including phenoxy) is 2. The number of carbonyl (C=O) groups is 1. The van der Waals surface area contributed by atoms with Crippen molar-refractivity contribution in [2.45, 2.75) is 18.1 Å². The van der Waals surface area contributed by atoms with Crippen LogP contribution in [-0.2, 0) is 17.6 Å². The van der Waals surface area contributed by atoms with Gasteiger partial charge in [-0.15, -0.1) is 0 Å². The average Bonchev–Trinajstić information content (AvgIpc) is 3.19. The summed E-state index contributed by atoms with van der Waals surface area (Å²) in [6, 6.07) is 14.0. The van der Waals surface area contributed by atoms with E-state index >= 15 is 0 Å². The van der Waals surface area contributed by atoms with Crippen molar-refractivity contribution in [2.75, 3.05) is 13.3 Å². The number of hydrogen-bond donors (Lipinski definition) is 0. The summed E-state index contributed by atoms with van der Waals surface area (Å²) >= 11 is 10.5. The van der Waals surface area contributed by atoms with Crippen molar-refractivity contribution in [1.29, 1.82) is 0 Å². The summed E-state index contributed by atoms with van der Waals surface area (Å²) in [4.78, 5) is 14.6. The van der Waals surface area contributed by atoms with E-state index in [1.807, 2.05) is 30.3 Å². The SMILES string of the molecule is O=C1[C@@H](Cc2cc3c(cc2Br)OCO3)SC(=S)N1CCc1ccccc1.